The Labute approximate surface area is 190 Å². The minimum absolute atomic E-state index is 0.506. The van der Waals surface area contributed by atoms with Crippen LogP contribution in [0.3, 0.4) is 0 Å². The van der Waals surface area contributed by atoms with Gasteiger partial charge in [0.05, 0.1) is 20.2 Å². The molecule has 0 fully saturated rings. The highest BCUT2D eigenvalue weighted by Gasteiger charge is 2.40. The Hall–Kier alpha value is -3.44. The normalized spacial score (nSPS) is 17.6. The molecule has 164 valence electrons. The smallest absolute Gasteiger partial charge is 0.162 e. The number of nitrogens with zero attached hydrogens (tertiary/aromatic N) is 3. The SMILES string of the molecule is COC1=CC=NCC1(CN(c1ccccc1)c1ccccc1)OCCCc1ccccn1. The van der Waals surface area contributed by atoms with Gasteiger partial charge in [-0.25, -0.2) is 0 Å². The van der Waals surface area contributed by atoms with Gasteiger partial charge in [-0.1, -0.05) is 42.5 Å². The van der Waals surface area contributed by atoms with Gasteiger partial charge in [0.1, 0.15) is 5.76 Å². The van der Waals surface area contributed by atoms with Gasteiger partial charge >= 0.3 is 0 Å². The molecule has 0 saturated carbocycles. The number of para-hydroxylation sites is 2. The summed E-state index contributed by atoms with van der Waals surface area (Å²) in [5.41, 5.74) is 2.59. The lowest BCUT2D eigenvalue weighted by atomic mass is 9.96. The van der Waals surface area contributed by atoms with Gasteiger partial charge in [-0.2, -0.15) is 0 Å². The van der Waals surface area contributed by atoms with Crippen molar-refractivity contribution in [2.75, 3.05) is 31.7 Å². The maximum atomic E-state index is 6.59. The molecule has 5 nitrogen and oxygen atoms in total. The first-order valence-corrected chi connectivity index (χ1v) is 11.0. The Morgan fingerprint density at radius 1 is 0.906 bits per heavy atom. The number of anilines is 2. The number of hydrogen-bond acceptors (Lipinski definition) is 5. The average Bonchev–Trinajstić information content (AvgIpc) is 2.87. The van der Waals surface area contributed by atoms with Crippen LogP contribution in [0, 0.1) is 0 Å². The molecule has 1 atom stereocenters. The summed E-state index contributed by atoms with van der Waals surface area (Å²) in [6, 6.07) is 26.7. The summed E-state index contributed by atoms with van der Waals surface area (Å²) in [7, 11) is 1.70. The molecule has 2 aromatic carbocycles. The zero-order chi connectivity index (χ0) is 22.1. The van der Waals surface area contributed by atoms with E-state index in [9.17, 15) is 0 Å². The quantitative estimate of drug-likeness (QED) is 0.416. The number of methoxy groups -OCH3 is 1. The first-order chi connectivity index (χ1) is 15.8. The number of pyridine rings is 1. The number of dihydropyridines is 1. The van der Waals surface area contributed by atoms with E-state index in [0.29, 0.717) is 19.7 Å². The van der Waals surface area contributed by atoms with Gasteiger partial charge in [0.2, 0.25) is 0 Å². The number of hydrogen-bond donors (Lipinski definition) is 0. The maximum Gasteiger partial charge on any atom is 0.162 e. The van der Waals surface area contributed by atoms with Gasteiger partial charge in [-0.15, -0.1) is 0 Å². The van der Waals surface area contributed by atoms with E-state index in [-0.39, 0.29) is 0 Å². The predicted molar refractivity (Wildman–Crippen MR) is 130 cm³/mol. The van der Waals surface area contributed by atoms with Crippen LogP contribution in [-0.4, -0.2) is 43.6 Å². The molecule has 0 N–H and O–H groups in total. The molecule has 0 amide bonds. The van der Waals surface area contributed by atoms with E-state index in [2.05, 4.69) is 63.4 Å². The van der Waals surface area contributed by atoms with Gasteiger partial charge < -0.3 is 14.4 Å². The number of allylic oxidation sites excluding steroid dienone is 1. The van der Waals surface area contributed by atoms with Crippen LogP contribution in [0.25, 0.3) is 0 Å². The zero-order valence-electron chi connectivity index (χ0n) is 18.4. The van der Waals surface area contributed by atoms with Crippen LogP contribution in [0.1, 0.15) is 12.1 Å². The molecule has 5 heteroatoms. The number of aromatic nitrogens is 1. The lowest BCUT2D eigenvalue weighted by molar-refractivity contribution is -0.0388. The number of benzene rings is 2. The van der Waals surface area contributed by atoms with E-state index in [1.807, 2.05) is 42.6 Å². The fourth-order valence-corrected chi connectivity index (χ4v) is 3.96. The molecule has 0 saturated heterocycles. The Kier molecular flexibility index (Phi) is 7.31. The van der Waals surface area contributed by atoms with Crippen LogP contribution in [0.15, 0.2) is 102 Å². The van der Waals surface area contributed by atoms with Gasteiger partial charge in [0, 0.05) is 36.1 Å². The summed E-state index contributed by atoms with van der Waals surface area (Å²) in [6.45, 7) is 1.68. The molecular weight excluding hydrogens is 398 g/mol. The molecule has 1 aliphatic heterocycles. The fourth-order valence-electron chi connectivity index (χ4n) is 3.96. The number of ether oxygens (including phenoxy) is 2. The molecule has 2 heterocycles. The van der Waals surface area contributed by atoms with E-state index in [1.165, 1.54) is 0 Å². The highest BCUT2D eigenvalue weighted by Crippen LogP contribution is 2.33. The van der Waals surface area contributed by atoms with Crippen LogP contribution in [0.4, 0.5) is 11.4 Å². The molecule has 4 rings (SSSR count). The van der Waals surface area contributed by atoms with E-state index in [1.54, 1.807) is 13.3 Å². The summed E-state index contributed by atoms with van der Waals surface area (Å²) in [6.07, 6.45) is 7.28. The van der Waals surface area contributed by atoms with Gasteiger partial charge in [-0.05, 0) is 55.3 Å². The summed E-state index contributed by atoms with van der Waals surface area (Å²) in [5.74, 6) is 0.794. The molecule has 1 aromatic heterocycles. The lowest BCUT2D eigenvalue weighted by Crippen LogP contribution is -2.49. The summed E-state index contributed by atoms with van der Waals surface area (Å²) < 4.78 is 12.4. The molecule has 32 heavy (non-hydrogen) atoms. The highest BCUT2D eigenvalue weighted by atomic mass is 16.5. The van der Waals surface area contributed by atoms with Crippen molar-refractivity contribution in [3.63, 3.8) is 0 Å². The molecule has 0 radical (unpaired) electrons. The monoisotopic (exact) mass is 427 g/mol. The van der Waals surface area contributed by atoms with Crippen molar-refractivity contribution in [1.82, 2.24) is 4.98 Å². The standard InChI is InChI=1S/C27H29N3O2/c1-31-26-17-19-28-21-27(26,32-20-10-12-23-11-8-9-18-29-23)22-30(24-13-4-2-5-14-24)25-15-6-3-7-16-25/h2-9,11,13-19H,10,12,20-22H2,1H3. The minimum Gasteiger partial charge on any atom is -0.498 e. The zero-order valence-corrected chi connectivity index (χ0v) is 18.4. The van der Waals surface area contributed by atoms with E-state index in [0.717, 1.165) is 35.7 Å². The molecule has 0 bridgehead atoms. The predicted octanol–water partition coefficient (Wildman–Crippen LogP) is 5.22. The van der Waals surface area contributed by atoms with Crippen molar-refractivity contribution in [2.45, 2.75) is 18.4 Å². The van der Waals surface area contributed by atoms with Gasteiger partial charge in [0.25, 0.3) is 0 Å². The van der Waals surface area contributed by atoms with Crippen molar-refractivity contribution >= 4 is 17.6 Å². The average molecular weight is 428 g/mol. The summed E-state index contributed by atoms with van der Waals surface area (Å²) >= 11 is 0. The van der Waals surface area contributed by atoms with E-state index >= 15 is 0 Å². The van der Waals surface area contributed by atoms with Crippen molar-refractivity contribution in [3.05, 3.63) is 103 Å². The van der Waals surface area contributed by atoms with E-state index < -0.39 is 5.60 Å². The Bertz CT molecular complexity index is 983. The minimum atomic E-state index is -0.681. The molecule has 3 aromatic rings. The fraction of sp³-hybridized carbons (Fsp3) is 0.259. The second kappa shape index (κ2) is 10.7. The molecule has 1 aliphatic rings. The lowest BCUT2D eigenvalue weighted by Gasteiger charge is -2.40. The first-order valence-electron chi connectivity index (χ1n) is 11.0. The van der Waals surface area contributed by atoms with Gasteiger partial charge in [-0.3, -0.25) is 9.98 Å². The third kappa shape index (κ3) is 5.24. The molecule has 1 unspecified atom stereocenters. The first kappa shape index (κ1) is 21.8. The van der Waals surface area contributed by atoms with Crippen molar-refractivity contribution in [1.29, 1.82) is 0 Å². The van der Waals surface area contributed by atoms with Crippen molar-refractivity contribution in [2.24, 2.45) is 4.99 Å². The van der Waals surface area contributed by atoms with Crippen molar-refractivity contribution < 1.29 is 9.47 Å². The van der Waals surface area contributed by atoms with Crippen LogP contribution in [0.2, 0.25) is 0 Å². The van der Waals surface area contributed by atoms with Crippen molar-refractivity contribution in [3.8, 4) is 0 Å². The topological polar surface area (TPSA) is 47.0 Å². The highest BCUT2D eigenvalue weighted by molar-refractivity contribution is 5.74. The second-order valence-corrected chi connectivity index (χ2v) is 7.75. The van der Waals surface area contributed by atoms with Crippen LogP contribution in [-0.2, 0) is 15.9 Å². The van der Waals surface area contributed by atoms with Crippen LogP contribution >= 0.6 is 0 Å². The number of rotatable bonds is 10. The van der Waals surface area contributed by atoms with E-state index in [4.69, 9.17) is 9.47 Å². The summed E-state index contributed by atoms with van der Waals surface area (Å²) in [4.78, 5) is 11.2. The summed E-state index contributed by atoms with van der Waals surface area (Å²) in [5, 5.41) is 0. The molecular formula is C27H29N3O2. The number of aryl methyl sites for hydroxylation is 1. The van der Waals surface area contributed by atoms with Crippen LogP contribution < -0.4 is 4.90 Å². The largest absolute Gasteiger partial charge is 0.498 e. The number of aliphatic imine (C=N–C) groups is 1. The molecule has 0 spiro atoms. The van der Waals surface area contributed by atoms with Gasteiger partial charge in [0.15, 0.2) is 5.60 Å². The second-order valence-electron chi connectivity index (χ2n) is 7.75. The maximum absolute atomic E-state index is 6.59. The third-order valence-electron chi connectivity index (χ3n) is 5.58. The Balaban J connectivity index is 1.57. The third-order valence-corrected chi connectivity index (χ3v) is 5.58. The van der Waals surface area contributed by atoms with Crippen LogP contribution in [0.5, 0.6) is 0 Å². The Morgan fingerprint density at radius 2 is 1.59 bits per heavy atom. The molecule has 0 aliphatic carbocycles. The Morgan fingerprint density at radius 3 is 2.22 bits per heavy atom.